The molecule has 0 spiro atoms. The third-order valence-corrected chi connectivity index (χ3v) is 5.51. The maximum Gasteiger partial charge on any atom is 0.123 e. The highest BCUT2D eigenvalue weighted by Crippen LogP contribution is 2.36. The first-order valence-electron chi connectivity index (χ1n) is 6.55. The molecule has 4 heteroatoms. The minimum atomic E-state index is -0.212. The zero-order valence-corrected chi connectivity index (χ0v) is 14.5. The molecule has 0 saturated heterocycles. The van der Waals surface area contributed by atoms with Crippen LogP contribution in [-0.4, -0.2) is 7.05 Å². The summed E-state index contributed by atoms with van der Waals surface area (Å²) >= 11 is 5.29. The molecule has 2 aromatic rings. The van der Waals surface area contributed by atoms with Gasteiger partial charge in [-0.05, 0) is 48.4 Å². The monoisotopic (exact) mass is 355 g/mol. The molecule has 1 N–H and O–H groups in total. The number of halogens is 2. The molecule has 1 atom stereocenters. The van der Waals surface area contributed by atoms with Gasteiger partial charge >= 0.3 is 0 Å². The summed E-state index contributed by atoms with van der Waals surface area (Å²) in [6, 6.07) is 9.10. The third kappa shape index (κ3) is 3.30. The summed E-state index contributed by atoms with van der Waals surface area (Å²) < 4.78 is 14.4. The van der Waals surface area contributed by atoms with E-state index in [-0.39, 0.29) is 17.3 Å². The van der Waals surface area contributed by atoms with Gasteiger partial charge in [0.2, 0.25) is 0 Å². The van der Waals surface area contributed by atoms with Crippen LogP contribution in [0.25, 0.3) is 0 Å². The Kier molecular flexibility index (Phi) is 4.67. The predicted molar refractivity (Wildman–Crippen MR) is 88.0 cm³/mol. The van der Waals surface area contributed by atoms with Gasteiger partial charge in [0.05, 0.1) is 6.04 Å². The first kappa shape index (κ1) is 15.7. The van der Waals surface area contributed by atoms with E-state index in [1.165, 1.54) is 15.8 Å². The SMILES string of the molecule is CNC(c1ccc(C(C)(C)C)s1)c1cc(F)ccc1Br. The molecular weight excluding hydrogens is 337 g/mol. The molecule has 0 aliphatic carbocycles. The number of benzene rings is 1. The second-order valence-electron chi connectivity index (χ2n) is 5.84. The summed E-state index contributed by atoms with van der Waals surface area (Å²) in [6.45, 7) is 6.61. The van der Waals surface area contributed by atoms with Crippen LogP contribution in [0, 0.1) is 5.82 Å². The Morgan fingerprint density at radius 3 is 2.45 bits per heavy atom. The van der Waals surface area contributed by atoms with Crippen LogP contribution in [0.5, 0.6) is 0 Å². The topological polar surface area (TPSA) is 12.0 Å². The second kappa shape index (κ2) is 5.96. The van der Waals surface area contributed by atoms with E-state index < -0.39 is 0 Å². The first-order valence-corrected chi connectivity index (χ1v) is 8.16. The average Bonchev–Trinajstić information content (AvgIpc) is 2.84. The molecule has 1 aromatic heterocycles. The molecule has 1 nitrogen and oxygen atoms in total. The van der Waals surface area contributed by atoms with E-state index in [0.717, 1.165) is 10.0 Å². The summed E-state index contributed by atoms with van der Waals surface area (Å²) in [7, 11) is 1.90. The van der Waals surface area contributed by atoms with Crippen LogP contribution < -0.4 is 5.32 Å². The van der Waals surface area contributed by atoms with E-state index in [4.69, 9.17) is 0 Å². The minimum Gasteiger partial charge on any atom is -0.309 e. The van der Waals surface area contributed by atoms with Gasteiger partial charge in [0.15, 0.2) is 0 Å². The molecule has 0 aliphatic heterocycles. The van der Waals surface area contributed by atoms with Crippen molar-refractivity contribution in [3.8, 4) is 0 Å². The van der Waals surface area contributed by atoms with Crippen LogP contribution in [-0.2, 0) is 5.41 Å². The number of rotatable bonds is 3. The molecule has 0 radical (unpaired) electrons. The van der Waals surface area contributed by atoms with Crippen molar-refractivity contribution in [3.05, 3.63) is 55.9 Å². The fourth-order valence-electron chi connectivity index (χ4n) is 2.10. The van der Waals surface area contributed by atoms with Crippen LogP contribution in [0.15, 0.2) is 34.8 Å². The quantitative estimate of drug-likeness (QED) is 0.791. The van der Waals surface area contributed by atoms with E-state index in [1.807, 2.05) is 7.05 Å². The third-order valence-electron chi connectivity index (χ3n) is 3.21. The fourth-order valence-corrected chi connectivity index (χ4v) is 3.77. The molecule has 108 valence electrons. The lowest BCUT2D eigenvalue weighted by atomic mass is 9.95. The lowest BCUT2D eigenvalue weighted by molar-refractivity contribution is 0.604. The van der Waals surface area contributed by atoms with Gasteiger partial charge in [-0.2, -0.15) is 0 Å². The Balaban J connectivity index is 2.42. The largest absolute Gasteiger partial charge is 0.309 e. The maximum atomic E-state index is 13.5. The van der Waals surface area contributed by atoms with E-state index in [9.17, 15) is 4.39 Å². The van der Waals surface area contributed by atoms with E-state index >= 15 is 0 Å². The molecule has 20 heavy (non-hydrogen) atoms. The van der Waals surface area contributed by atoms with Crippen LogP contribution in [0.1, 0.15) is 42.1 Å². The highest BCUT2D eigenvalue weighted by atomic mass is 79.9. The van der Waals surface area contributed by atoms with Gasteiger partial charge in [-0.1, -0.05) is 36.7 Å². The fraction of sp³-hybridized carbons (Fsp3) is 0.375. The van der Waals surface area contributed by atoms with Crippen molar-refractivity contribution in [1.29, 1.82) is 0 Å². The molecule has 0 fully saturated rings. The zero-order valence-electron chi connectivity index (χ0n) is 12.1. The van der Waals surface area contributed by atoms with Gasteiger partial charge in [0.25, 0.3) is 0 Å². The summed E-state index contributed by atoms with van der Waals surface area (Å²) in [5.74, 6) is -0.212. The lowest BCUT2D eigenvalue weighted by Crippen LogP contribution is -2.17. The van der Waals surface area contributed by atoms with Gasteiger partial charge in [0.1, 0.15) is 5.82 Å². The Labute approximate surface area is 132 Å². The summed E-state index contributed by atoms with van der Waals surface area (Å²) in [5.41, 5.74) is 1.07. The molecule has 1 aromatic carbocycles. The minimum absolute atomic E-state index is 0.00109. The summed E-state index contributed by atoms with van der Waals surface area (Å²) in [6.07, 6.45) is 0. The molecule has 0 bridgehead atoms. The molecular formula is C16H19BrFNS. The van der Waals surface area contributed by atoms with Crippen LogP contribution in [0.3, 0.4) is 0 Å². The molecule has 2 rings (SSSR count). The number of hydrogen-bond donors (Lipinski definition) is 1. The van der Waals surface area contributed by atoms with Crippen molar-refractivity contribution in [3.63, 3.8) is 0 Å². The van der Waals surface area contributed by atoms with Crippen LogP contribution >= 0.6 is 27.3 Å². The van der Waals surface area contributed by atoms with Crippen molar-refractivity contribution in [2.75, 3.05) is 7.05 Å². The zero-order chi connectivity index (χ0) is 14.9. The van der Waals surface area contributed by atoms with Crippen molar-refractivity contribution in [2.24, 2.45) is 0 Å². The van der Waals surface area contributed by atoms with Crippen molar-refractivity contribution < 1.29 is 4.39 Å². The number of nitrogens with one attached hydrogen (secondary N) is 1. The van der Waals surface area contributed by atoms with Gasteiger partial charge < -0.3 is 5.32 Å². The van der Waals surface area contributed by atoms with E-state index in [0.29, 0.717) is 0 Å². The standard InChI is InChI=1S/C16H19BrFNS/c1-16(2,3)14-8-7-13(20-14)15(19-4)11-9-10(18)5-6-12(11)17/h5-9,15,19H,1-4H3. The van der Waals surface area contributed by atoms with E-state index in [1.54, 1.807) is 23.5 Å². The van der Waals surface area contributed by atoms with Crippen LogP contribution in [0.2, 0.25) is 0 Å². The number of hydrogen-bond acceptors (Lipinski definition) is 2. The molecule has 0 saturated carbocycles. The predicted octanol–water partition coefficient (Wildman–Crippen LogP) is 5.26. The second-order valence-corrected chi connectivity index (χ2v) is 7.81. The summed E-state index contributed by atoms with van der Waals surface area (Å²) in [5, 5.41) is 3.28. The molecule has 1 heterocycles. The molecule has 0 aliphatic rings. The first-order chi connectivity index (χ1) is 9.32. The molecule has 0 amide bonds. The Bertz CT molecular complexity index is 601. The van der Waals surface area contributed by atoms with Crippen molar-refractivity contribution >= 4 is 27.3 Å². The van der Waals surface area contributed by atoms with Gasteiger partial charge in [-0.3, -0.25) is 0 Å². The molecule has 1 unspecified atom stereocenters. The van der Waals surface area contributed by atoms with Crippen molar-refractivity contribution in [1.82, 2.24) is 5.32 Å². The van der Waals surface area contributed by atoms with Gasteiger partial charge in [0, 0.05) is 14.2 Å². The van der Waals surface area contributed by atoms with Gasteiger partial charge in [-0.25, -0.2) is 4.39 Å². The normalized spacial score (nSPS) is 13.5. The summed E-state index contributed by atoms with van der Waals surface area (Å²) in [4.78, 5) is 2.53. The highest BCUT2D eigenvalue weighted by molar-refractivity contribution is 9.10. The van der Waals surface area contributed by atoms with E-state index in [2.05, 4.69) is 54.2 Å². The van der Waals surface area contributed by atoms with Crippen molar-refractivity contribution in [2.45, 2.75) is 32.2 Å². The average molecular weight is 356 g/mol. The smallest absolute Gasteiger partial charge is 0.123 e. The Hall–Kier alpha value is -0.710. The Morgan fingerprint density at radius 1 is 1.20 bits per heavy atom. The Morgan fingerprint density at radius 2 is 1.90 bits per heavy atom. The van der Waals surface area contributed by atoms with Crippen LogP contribution in [0.4, 0.5) is 4.39 Å². The maximum absolute atomic E-state index is 13.5. The lowest BCUT2D eigenvalue weighted by Gasteiger charge is -2.18. The number of thiophene rings is 1. The van der Waals surface area contributed by atoms with Gasteiger partial charge in [-0.15, -0.1) is 11.3 Å². The highest BCUT2D eigenvalue weighted by Gasteiger charge is 2.21.